The number of benzene rings is 2. The van der Waals surface area contributed by atoms with Crippen LogP contribution in [0.5, 0.6) is 0 Å². The highest BCUT2D eigenvalue weighted by Gasteiger charge is 2.36. The Morgan fingerprint density at radius 2 is 1.89 bits per heavy atom. The zero-order valence-corrected chi connectivity index (χ0v) is 30.3. The molecular weight excluding hydrogens is 688 g/mol. The van der Waals surface area contributed by atoms with Gasteiger partial charge in [0.15, 0.2) is 17.1 Å². The van der Waals surface area contributed by atoms with E-state index in [1.807, 2.05) is 24.1 Å². The number of fused-ring (bicyclic) bond motifs is 4. The predicted molar refractivity (Wildman–Crippen MR) is 199 cm³/mol. The summed E-state index contributed by atoms with van der Waals surface area (Å²) in [5, 5.41) is 11.0. The van der Waals surface area contributed by atoms with Crippen molar-refractivity contribution in [3.05, 3.63) is 70.2 Å². The SMILES string of the molecule is CN1CCN([C@@H]2CCCN(c3cnc(C(N)=O)c(Nc4ccc5c(c4)CCN(C[C@H]4Cc6ccc7c(C8CCC(=O)NC8=O)noc7c6C4)C5)n3)C2)C1=O. The third kappa shape index (κ3) is 6.29. The van der Waals surface area contributed by atoms with E-state index in [1.54, 1.807) is 11.1 Å². The molecule has 4 aliphatic heterocycles. The Kier molecular flexibility index (Phi) is 8.67. The quantitative estimate of drug-likeness (QED) is 0.227. The number of hydrogen-bond acceptors (Lipinski definition) is 11. The van der Waals surface area contributed by atoms with Gasteiger partial charge in [0.25, 0.3) is 5.91 Å². The molecule has 5 aliphatic rings. The molecule has 4 N–H and O–H groups in total. The van der Waals surface area contributed by atoms with E-state index in [0.717, 1.165) is 88.0 Å². The molecule has 3 fully saturated rings. The molecule has 15 nitrogen and oxygen atoms in total. The maximum absolute atomic E-state index is 12.7. The standard InChI is InChI=1S/C39H44N10O5/c1-46-13-14-49(39(46)53)27-3-2-11-48(21-27)31-18-41-34(36(40)51)37(43-31)42-26-6-4-25-20-47(12-10-23(25)17-26)19-22-15-24-5-7-28-33(45-54-35(28)30(24)16-22)29-8-9-32(50)44-38(29)52/h4-7,17-18,22,27,29H,2-3,8-16,19-21H2,1H3,(H2,40,51)(H,42,43)(H,44,50,52)/t22-,27+,29?/m0/s1. The van der Waals surface area contributed by atoms with Crippen LogP contribution in [0.4, 0.5) is 22.1 Å². The molecule has 280 valence electrons. The van der Waals surface area contributed by atoms with Gasteiger partial charge in [-0.25, -0.2) is 14.8 Å². The number of urea groups is 1. The van der Waals surface area contributed by atoms with Gasteiger partial charge in [0.05, 0.1) is 18.2 Å². The summed E-state index contributed by atoms with van der Waals surface area (Å²) in [6.07, 6.45) is 6.94. The Bertz CT molecular complexity index is 2190. The number of nitrogens with zero attached hydrogens (tertiary/aromatic N) is 7. The highest BCUT2D eigenvalue weighted by atomic mass is 16.5. The number of rotatable bonds is 8. The molecule has 0 saturated carbocycles. The summed E-state index contributed by atoms with van der Waals surface area (Å²) in [4.78, 5) is 67.0. The van der Waals surface area contributed by atoms with Gasteiger partial charge in [-0.1, -0.05) is 17.3 Å². The van der Waals surface area contributed by atoms with Crippen LogP contribution in [0.1, 0.15) is 70.0 Å². The number of nitrogens with two attached hydrogens (primary N) is 1. The van der Waals surface area contributed by atoms with Crippen LogP contribution in [-0.2, 0) is 35.4 Å². The molecule has 2 aromatic carbocycles. The topological polar surface area (TPSA) is 183 Å². The van der Waals surface area contributed by atoms with E-state index in [0.29, 0.717) is 42.6 Å². The van der Waals surface area contributed by atoms with Gasteiger partial charge in [-0.3, -0.25) is 24.6 Å². The first-order chi connectivity index (χ1) is 26.2. The number of likely N-dealkylation sites (N-methyl/N-ethyl adjacent to an activating group) is 1. The maximum atomic E-state index is 12.7. The second-order valence-electron chi connectivity index (χ2n) is 15.4. The summed E-state index contributed by atoms with van der Waals surface area (Å²) in [6.45, 7) is 5.62. The molecule has 3 atom stereocenters. The number of hydrogen-bond donors (Lipinski definition) is 3. The zero-order valence-electron chi connectivity index (χ0n) is 30.3. The van der Waals surface area contributed by atoms with E-state index in [9.17, 15) is 19.2 Å². The van der Waals surface area contributed by atoms with Crippen molar-refractivity contribution >= 4 is 52.0 Å². The molecule has 15 heteroatoms. The fourth-order valence-corrected chi connectivity index (χ4v) is 9.11. The lowest BCUT2D eigenvalue weighted by Crippen LogP contribution is -2.49. The van der Waals surface area contributed by atoms with Crippen LogP contribution in [0, 0.1) is 5.92 Å². The predicted octanol–water partition coefficient (Wildman–Crippen LogP) is 3.09. The second kappa shape index (κ2) is 13.7. The zero-order chi connectivity index (χ0) is 37.1. The Morgan fingerprint density at radius 1 is 1.02 bits per heavy atom. The molecule has 9 rings (SSSR count). The molecule has 1 unspecified atom stereocenters. The minimum Gasteiger partial charge on any atom is -0.364 e. The highest BCUT2D eigenvalue weighted by Crippen LogP contribution is 2.38. The minimum atomic E-state index is -0.653. The van der Waals surface area contributed by atoms with Gasteiger partial charge in [-0.05, 0) is 79.3 Å². The van der Waals surface area contributed by atoms with E-state index in [1.165, 1.54) is 22.3 Å². The van der Waals surface area contributed by atoms with Gasteiger partial charge in [0, 0.05) is 75.9 Å². The van der Waals surface area contributed by atoms with E-state index in [2.05, 4.69) is 48.8 Å². The van der Waals surface area contributed by atoms with Crippen LogP contribution in [0.25, 0.3) is 11.0 Å². The van der Waals surface area contributed by atoms with Crippen LogP contribution in [0.15, 0.2) is 41.1 Å². The van der Waals surface area contributed by atoms with Crippen LogP contribution < -0.4 is 21.3 Å². The van der Waals surface area contributed by atoms with Gasteiger partial charge < -0.3 is 30.3 Å². The van der Waals surface area contributed by atoms with Crippen molar-refractivity contribution in [2.24, 2.45) is 11.7 Å². The van der Waals surface area contributed by atoms with Crippen molar-refractivity contribution in [3.63, 3.8) is 0 Å². The number of aromatic nitrogens is 3. The summed E-state index contributed by atoms with van der Waals surface area (Å²) in [5.74, 6) is -0.275. The molecule has 4 aromatic rings. The van der Waals surface area contributed by atoms with Crippen molar-refractivity contribution in [2.75, 3.05) is 56.5 Å². The third-order valence-electron chi connectivity index (χ3n) is 11.9. The molecule has 0 bridgehead atoms. The van der Waals surface area contributed by atoms with Gasteiger partial charge >= 0.3 is 6.03 Å². The van der Waals surface area contributed by atoms with Crippen LogP contribution in [0.3, 0.4) is 0 Å². The fourth-order valence-electron chi connectivity index (χ4n) is 9.11. The largest absolute Gasteiger partial charge is 0.364 e. The molecule has 5 amide bonds. The van der Waals surface area contributed by atoms with Crippen molar-refractivity contribution in [1.29, 1.82) is 0 Å². The van der Waals surface area contributed by atoms with E-state index >= 15 is 0 Å². The Balaban J connectivity index is 0.855. The summed E-state index contributed by atoms with van der Waals surface area (Å²) < 4.78 is 5.86. The number of nitrogens with one attached hydrogen (secondary N) is 2. The monoisotopic (exact) mass is 732 g/mol. The highest BCUT2D eigenvalue weighted by molar-refractivity contribution is 6.02. The Labute approximate surface area is 312 Å². The van der Waals surface area contributed by atoms with E-state index < -0.39 is 11.8 Å². The lowest BCUT2D eigenvalue weighted by molar-refractivity contribution is -0.134. The van der Waals surface area contributed by atoms with Crippen LogP contribution >= 0.6 is 0 Å². The molecule has 1 aliphatic carbocycles. The van der Waals surface area contributed by atoms with Gasteiger partial charge in [0.1, 0.15) is 11.5 Å². The number of primary amides is 1. The summed E-state index contributed by atoms with van der Waals surface area (Å²) in [7, 11) is 1.84. The average molecular weight is 733 g/mol. The summed E-state index contributed by atoms with van der Waals surface area (Å²) in [6, 6.07) is 10.6. The number of amides is 5. The molecule has 6 heterocycles. The lowest BCUT2D eigenvalue weighted by atomic mass is 9.92. The average Bonchev–Trinajstić information content (AvgIpc) is 3.88. The normalized spacial score (nSPS) is 23.2. The summed E-state index contributed by atoms with van der Waals surface area (Å²) >= 11 is 0. The van der Waals surface area contributed by atoms with Crippen molar-refractivity contribution in [1.82, 2.24) is 35.1 Å². The first kappa shape index (κ1) is 34.2. The molecule has 0 spiro atoms. The maximum Gasteiger partial charge on any atom is 0.320 e. The number of carbonyl (C=O) groups excluding carboxylic acids is 4. The number of imide groups is 1. The molecule has 54 heavy (non-hydrogen) atoms. The van der Waals surface area contributed by atoms with Crippen LogP contribution in [-0.4, -0.2) is 106 Å². The van der Waals surface area contributed by atoms with Gasteiger partial charge in [-0.2, -0.15) is 0 Å². The first-order valence-corrected chi connectivity index (χ1v) is 19.0. The number of carbonyl (C=O) groups is 4. The number of piperidine rings is 2. The molecular formula is C39H44N10O5. The Hall–Kier alpha value is -5.57. The van der Waals surface area contributed by atoms with Crippen molar-refractivity contribution in [2.45, 2.75) is 63.5 Å². The van der Waals surface area contributed by atoms with Crippen molar-refractivity contribution in [3.8, 4) is 0 Å². The van der Waals surface area contributed by atoms with E-state index in [-0.39, 0.29) is 29.6 Å². The molecule has 3 saturated heterocycles. The Morgan fingerprint density at radius 3 is 2.70 bits per heavy atom. The minimum absolute atomic E-state index is 0.0657. The third-order valence-corrected chi connectivity index (χ3v) is 11.9. The van der Waals surface area contributed by atoms with Crippen LogP contribution in [0.2, 0.25) is 0 Å². The smallest absolute Gasteiger partial charge is 0.320 e. The molecule has 0 radical (unpaired) electrons. The number of anilines is 3. The second-order valence-corrected chi connectivity index (χ2v) is 15.4. The summed E-state index contributed by atoms with van der Waals surface area (Å²) in [5.41, 5.74) is 13.0. The lowest BCUT2D eigenvalue weighted by Gasteiger charge is -2.37. The first-order valence-electron chi connectivity index (χ1n) is 19.0. The van der Waals surface area contributed by atoms with Crippen molar-refractivity contribution < 1.29 is 23.7 Å². The van der Waals surface area contributed by atoms with Gasteiger partial charge in [0.2, 0.25) is 11.8 Å². The molecule has 2 aromatic heterocycles. The van der Waals surface area contributed by atoms with E-state index in [4.69, 9.17) is 15.2 Å². The fraction of sp³-hybridized carbons (Fsp3) is 0.462. The van der Waals surface area contributed by atoms with Gasteiger partial charge in [-0.15, -0.1) is 0 Å².